The van der Waals surface area contributed by atoms with Crippen molar-refractivity contribution >= 4 is 23.7 Å². The first kappa shape index (κ1) is 17.5. The number of carbonyl (C=O) groups excluding carboxylic acids is 4. The Labute approximate surface area is 138 Å². The summed E-state index contributed by atoms with van der Waals surface area (Å²) < 4.78 is 9.50. The zero-order valence-corrected chi connectivity index (χ0v) is 13.2. The number of rotatable bonds is 6. The lowest BCUT2D eigenvalue weighted by atomic mass is 10.1. The highest BCUT2D eigenvalue weighted by Gasteiger charge is 2.34. The third-order valence-corrected chi connectivity index (χ3v) is 3.61. The molecule has 1 aliphatic rings. The first-order valence-corrected chi connectivity index (χ1v) is 7.48. The molecule has 1 fully saturated rings. The van der Waals surface area contributed by atoms with Crippen LogP contribution in [-0.2, 0) is 19.1 Å². The van der Waals surface area contributed by atoms with E-state index in [0.29, 0.717) is 13.1 Å². The summed E-state index contributed by atoms with van der Waals surface area (Å²) in [5, 5.41) is 5.18. The van der Waals surface area contributed by atoms with Gasteiger partial charge in [0.15, 0.2) is 5.76 Å². The van der Waals surface area contributed by atoms with E-state index in [-0.39, 0.29) is 37.0 Å². The van der Waals surface area contributed by atoms with E-state index in [1.807, 2.05) is 0 Å². The van der Waals surface area contributed by atoms with Crippen molar-refractivity contribution in [1.82, 2.24) is 15.5 Å². The van der Waals surface area contributed by atoms with E-state index in [2.05, 4.69) is 15.4 Å². The van der Waals surface area contributed by atoms with Gasteiger partial charge in [0.1, 0.15) is 6.04 Å². The Morgan fingerprint density at radius 2 is 2.25 bits per heavy atom. The number of nitrogens with one attached hydrogen (secondary N) is 2. The van der Waals surface area contributed by atoms with Gasteiger partial charge in [0.2, 0.25) is 11.8 Å². The monoisotopic (exact) mass is 337 g/mol. The van der Waals surface area contributed by atoms with E-state index in [0.717, 1.165) is 0 Å². The van der Waals surface area contributed by atoms with Crippen LogP contribution in [0, 0.1) is 0 Å². The molecular formula is C15H19N3O6. The average molecular weight is 337 g/mol. The molecule has 1 saturated heterocycles. The molecule has 1 unspecified atom stereocenters. The number of hydrogen-bond donors (Lipinski definition) is 2. The topological polar surface area (TPSA) is 118 Å². The number of carbonyl (C=O) groups is 4. The molecule has 24 heavy (non-hydrogen) atoms. The molecule has 130 valence electrons. The van der Waals surface area contributed by atoms with Gasteiger partial charge in [0.05, 0.1) is 19.8 Å². The van der Waals surface area contributed by atoms with Gasteiger partial charge in [-0.1, -0.05) is 0 Å². The summed E-state index contributed by atoms with van der Waals surface area (Å²) in [6.45, 7) is 0.723. The molecule has 1 aliphatic heterocycles. The lowest BCUT2D eigenvalue weighted by molar-refractivity contribution is -0.150. The molecule has 0 spiro atoms. The standard InChI is InChI=1S/C15H19N3O6/c1-23-13(20)9-10-14(21)17-6-7-18(10)12(19)4-5-16-15(22)11-3-2-8-24-11/h2-3,8,10H,4-7,9H2,1H3,(H,16,22)(H,17,21). The van der Waals surface area contributed by atoms with Gasteiger partial charge in [-0.25, -0.2) is 0 Å². The van der Waals surface area contributed by atoms with Crippen LogP contribution >= 0.6 is 0 Å². The Morgan fingerprint density at radius 1 is 1.46 bits per heavy atom. The largest absolute Gasteiger partial charge is 0.469 e. The van der Waals surface area contributed by atoms with E-state index < -0.39 is 17.9 Å². The quantitative estimate of drug-likeness (QED) is 0.662. The van der Waals surface area contributed by atoms with E-state index in [4.69, 9.17) is 4.42 Å². The van der Waals surface area contributed by atoms with Gasteiger partial charge < -0.3 is 24.7 Å². The number of hydrogen-bond acceptors (Lipinski definition) is 6. The zero-order valence-electron chi connectivity index (χ0n) is 13.2. The zero-order chi connectivity index (χ0) is 17.5. The first-order chi connectivity index (χ1) is 11.5. The Hall–Kier alpha value is -2.84. The lowest BCUT2D eigenvalue weighted by Crippen LogP contribution is -2.58. The third kappa shape index (κ3) is 4.34. The third-order valence-electron chi connectivity index (χ3n) is 3.61. The Bertz CT molecular complexity index is 613. The van der Waals surface area contributed by atoms with Crippen LogP contribution in [0.1, 0.15) is 23.4 Å². The predicted molar refractivity (Wildman–Crippen MR) is 80.8 cm³/mol. The number of methoxy groups -OCH3 is 1. The fourth-order valence-corrected chi connectivity index (χ4v) is 2.38. The minimum atomic E-state index is -0.889. The van der Waals surface area contributed by atoms with Gasteiger partial charge in [-0.15, -0.1) is 0 Å². The molecular weight excluding hydrogens is 318 g/mol. The maximum Gasteiger partial charge on any atom is 0.308 e. The van der Waals surface area contributed by atoms with Crippen molar-refractivity contribution in [2.24, 2.45) is 0 Å². The molecule has 0 aliphatic carbocycles. The predicted octanol–water partition coefficient (Wildman–Crippen LogP) is -0.710. The molecule has 1 aromatic heterocycles. The van der Waals surface area contributed by atoms with Gasteiger partial charge in [-0.2, -0.15) is 0 Å². The van der Waals surface area contributed by atoms with Crippen LogP contribution in [-0.4, -0.2) is 61.4 Å². The number of piperazine rings is 1. The van der Waals surface area contributed by atoms with Gasteiger partial charge in [-0.05, 0) is 12.1 Å². The second-order valence-corrected chi connectivity index (χ2v) is 5.16. The summed E-state index contributed by atoms with van der Waals surface area (Å²) >= 11 is 0. The summed E-state index contributed by atoms with van der Waals surface area (Å²) in [5.74, 6) is -1.54. The van der Waals surface area contributed by atoms with Crippen molar-refractivity contribution in [3.63, 3.8) is 0 Å². The molecule has 0 radical (unpaired) electrons. The molecule has 2 heterocycles. The van der Waals surface area contributed by atoms with Gasteiger partial charge in [-0.3, -0.25) is 19.2 Å². The smallest absolute Gasteiger partial charge is 0.308 e. The second-order valence-electron chi connectivity index (χ2n) is 5.16. The van der Waals surface area contributed by atoms with Gasteiger partial charge >= 0.3 is 5.97 Å². The van der Waals surface area contributed by atoms with E-state index >= 15 is 0 Å². The normalized spacial score (nSPS) is 17.1. The van der Waals surface area contributed by atoms with Crippen LogP contribution < -0.4 is 10.6 Å². The summed E-state index contributed by atoms with van der Waals surface area (Å²) in [6, 6.07) is 2.21. The van der Waals surface area contributed by atoms with Gasteiger partial charge in [0, 0.05) is 26.1 Å². The second kappa shape index (κ2) is 8.14. The van der Waals surface area contributed by atoms with Crippen molar-refractivity contribution in [2.75, 3.05) is 26.7 Å². The summed E-state index contributed by atoms with van der Waals surface area (Å²) in [4.78, 5) is 48.7. The van der Waals surface area contributed by atoms with Crippen LogP contribution in [0.15, 0.2) is 22.8 Å². The number of ether oxygens (including phenoxy) is 1. The van der Waals surface area contributed by atoms with Crippen LogP contribution in [0.5, 0.6) is 0 Å². The van der Waals surface area contributed by atoms with E-state index in [1.54, 1.807) is 6.07 Å². The summed E-state index contributed by atoms with van der Waals surface area (Å²) in [5.41, 5.74) is 0. The SMILES string of the molecule is COC(=O)CC1C(=O)NCCN1C(=O)CCNC(=O)c1ccco1. The fourth-order valence-electron chi connectivity index (χ4n) is 2.38. The Balaban J connectivity index is 1.87. The van der Waals surface area contributed by atoms with Crippen molar-refractivity contribution in [1.29, 1.82) is 0 Å². The molecule has 9 heteroatoms. The number of amides is 3. The van der Waals surface area contributed by atoms with Gasteiger partial charge in [0.25, 0.3) is 5.91 Å². The molecule has 2 N–H and O–H groups in total. The number of nitrogens with zero attached hydrogens (tertiary/aromatic N) is 1. The maximum atomic E-state index is 12.3. The summed E-state index contributed by atoms with van der Waals surface area (Å²) in [7, 11) is 1.22. The van der Waals surface area contributed by atoms with Crippen molar-refractivity contribution < 1.29 is 28.3 Å². The first-order valence-electron chi connectivity index (χ1n) is 7.48. The minimum absolute atomic E-state index is 0.0113. The maximum absolute atomic E-state index is 12.3. The number of esters is 1. The van der Waals surface area contributed by atoms with Crippen LogP contribution in [0.4, 0.5) is 0 Å². The highest BCUT2D eigenvalue weighted by Crippen LogP contribution is 2.11. The Kier molecular flexibility index (Phi) is 5.94. The Morgan fingerprint density at radius 3 is 2.92 bits per heavy atom. The van der Waals surface area contributed by atoms with E-state index in [9.17, 15) is 19.2 Å². The lowest BCUT2D eigenvalue weighted by Gasteiger charge is -2.34. The highest BCUT2D eigenvalue weighted by molar-refractivity contribution is 5.93. The fraction of sp³-hybridized carbons (Fsp3) is 0.467. The molecule has 0 bridgehead atoms. The highest BCUT2D eigenvalue weighted by atomic mass is 16.5. The molecule has 9 nitrogen and oxygen atoms in total. The van der Waals surface area contributed by atoms with Crippen molar-refractivity contribution in [2.45, 2.75) is 18.9 Å². The van der Waals surface area contributed by atoms with E-state index in [1.165, 1.54) is 24.3 Å². The minimum Gasteiger partial charge on any atom is -0.469 e. The number of furan rings is 1. The molecule has 3 amide bonds. The van der Waals surface area contributed by atoms with Crippen LogP contribution in [0.2, 0.25) is 0 Å². The average Bonchev–Trinajstić information content (AvgIpc) is 3.10. The molecule has 1 aromatic rings. The molecule has 0 aromatic carbocycles. The van der Waals surface area contributed by atoms with Crippen LogP contribution in [0.25, 0.3) is 0 Å². The van der Waals surface area contributed by atoms with Crippen molar-refractivity contribution in [3.05, 3.63) is 24.2 Å². The molecule has 0 saturated carbocycles. The molecule has 2 rings (SSSR count). The van der Waals surface area contributed by atoms with Crippen LogP contribution in [0.3, 0.4) is 0 Å². The molecule has 1 atom stereocenters. The van der Waals surface area contributed by atoms with Crippen molar-refractivity contribution in [3.8, 4) is 0 Å². The summed E-state index contributed by atoms with van der Waals surface area (Å²) in [6.07, 6.45) is 1.19.